The van der Waals surface area contributed by atoms with Gasteiger partial charge in [-0.1, -0.05) is 30.7 Å². The number of tetrazole rings is 1. The van der Waals surface area contributed by atoms with Crippen molar-refractivity contribution in [2.45, 2.75) is 42.6 Å². The van der Waals surface area contributed by atoms with Gasteiger partial charge in [-0.3, -0.25) is 0 Å². The number of methoxy groups -OCH3 is 2. The monoisotopic (exact) mass is 403 g/mol. The highest BCUT2D eigenvalue weighted by Crippen LogP contribution is 2.39. The molecular weight excluding hydrogens is 382 g/mol. The predicted molar refractivity (Wildman–Crippen MR) is 106 cm³/mol. The molecule has 0 aliphatic heterocycles. The lowest BCUT2D eigenvalue weighted by molar-refractivity contribution is 0.356. The van der Waals surface area contributed by atoms with Crippen LogP contribution in [0.1, 0.15) is 37.4 Å². The molecular formula is C18H21N5O2S2. The van der Waals surface area contributed by atoms with Crippen molar-refractivity contribution in [3.8, 4) is 22.1 Å². The van der Waals surface area contributed by atoms with Gasteiger partial charge in [0, 0.05) is 11.1 Å². The summed E-state index contributed by atoms with van der Waals surface area (Å²) in [6.07, 6.45) is 4.84. The molecule has 0 unspecified atom stereocenters. The molecule has 2 aromatic heterocycles. The molecule has 9 heteroatoms. The SMILES string of the molecule is COc1cccc(-c2nc(CSc3nnnn3C3CCCC3)cs2)c1OC. The molecule has 1 aromatic carbocycles. The summed E-state index contributed by atoms with van der Waals surface area (Å²) in [5.41, 5.74) is 1.94. The molecule has 0 amide bonds. The Kier molecular flexibility index (Phi) is 5.58. The fourth-order valence-electron chi connectivity index (χ4n) is 3.35. The van der Waals surface area contributed by atoms with Crippen molar-refractivity contribution in [3.05, 3.63) is 29.3 Å². The number of aromatic nitrogens is 5. The van der Waals surface area contributed by atoms with Crippen molar-refractivity contribution in [2.24, 2.45) is 0 Å². The Morgan fingerprint density at radius 2 is 2.07 bits per heavy atom. The number of hydrogen-bond donors (Lipinski definition) is 0. The maximum atomic E-state index is 5.53. The Bertz CT molecular complexity index is 905. The standard InChI is InChI=1S/C18H21N5O2S2/c1-24-15-9-5-8-14(16(15)25-2)17-19-12(10-26-17)11-27-18-20-21-22-23(18)13-6-3-4-7-13/h5,8-10,13H,3-4,6-7,11H2,1-2H3. The van der Waals surface area contributed by atoms with Gasteiger partial charge in [0.05, 0.1) is 31.5 Å². The van der Waals surface area contributed by atoms with Gasteiger partial charge in [-0.2, -0.15) is 0 Å². The van der Waals surface area contributed by atoms with Crippen LogP contribution < -0.4 is 9.47 Å². The zero-order chi connectivity index (χ0) is 18.6. The van der Waals surface area contributed by atoms with Crippen LogP contribution in [0.2, 0.25) is 0 Å². The number of thioether (sulfide) groups is 1. The molecule has 2 heterocycles. The second-order valence-electron chi connectivity index (χ2n) is 6.32. The van der Waals surface area contributed by atoms with Gasteiger partial charge in [0.2, 0.25) is 5.16 Å². The van der Waals surface area contributed by atoms with Crippen molar-refractivity contribution in [2.75, 3.05) is 14.2 Å². The molecule has 0 bridgehead atoms. The van der Waals surface area contributed by atoms with Crippen LogP contribution in [0.15, 0.2) is 28.7 Å². The van der Waals surface area contributed by atoms with E-state index in [-0.39, 0.29) is 0 Å². The summed E-state index contributed by atoms with van der Waals surface area (Å²) in [5.74, 6) is 2.14. The highest BCUT2D eigenvalue weighted by atomic mass is 32.2. The summed E-state index contributed by atoms with van der Waals surface area (Å²) < 4.78 is 12.9. The molecule has 4 rings (SSSR count). The second kappa shape index (κ2) is 8.26. The van der Waals surface area contributed by atoms with Crippen LogP contribution in [0, 0.1) is 0 Å². The number of nitrogens with zero attached hydrogens (tertiary/aromatic N) is 5. The van der Waals surface area contributed by atoms with Gasteiger partial charge >= 0.3 is 0 Å². The smallest absolute Gasteiger partial charge is 0.209 e. The normalized spacial score (nSPS) is 14.6. The van der Waals surface area contributed by atoms with E-state index in [0.29, 0.717) is 17.5 Å². The highest BCUT2D eigenvalue weighted by molar-refractivity contribution is 7.98. The van der Waals surface area contributed by atoms with E-state index in [1.165, 1.54) is 12.8 Å². The molecule has 27 heavy (non-hydrogen) atoms. The van der Waals surface area contributed by atoms with E-state index in [0.717, 1.165) is 40.0 Å². The molecule has 142 valence electrons. The minimum absolute atomic E-state index is 0.439. The van der Waals surface area contributed by atoms with Crippen LogP contribution >= 0.6 is 23.1 Å². The molecule has 3 aromatic rings. The van der Waals surface area contributed by atoms with Crippen molar-refractivity contribution in [1.29, 1.82) is 0 Å². The Balaban J connectivity index is 1.49. The summed E-state index contributed by atoms with van der Waals surface area (Å²) in [6.45, 7) is 0. The highest BCUT2D eigenvalue weighted by Gasteiger charge is 2.22. The zero-order valence-electron chi connectivity index (χ0n) is 15.3. The summed E-state index contributed by atoms with van der Waals surface area (Å²) in [6, 6.07) is 6.27. The van der Waals surface area contributed by atoms with E-state index in [2.05, 4.69) is 20.9 Å². The van der Waals surface area contributed by atoms with Gasteiger partial charge in [-0.25, -0.2) is 9.67 Å². The molecule has 1 fully saturated rings. The van der Waals surface area contributed by atoms with Gasteiger partial charge in [0.1, 0.15) is 5.01 Å². The molecule has 0 atom stereocenters. The van der Waals surface area contributed by atoms with Crippen molar-refractivity contribution < 1.29 is 9.47 Å². The maximum absolute atomic E-state index is 5.53. The van der Waals surface area contributed by atoms with Crippen molar-refractivity contribution in [1.82, 2.24) is 25.2 Å². The lowest BCUT2D eigenvalue weighted by Crippen LogP contribution is -2.08. The summed E-state index contributed by atoms with van der Waals surface area (Å²) >= 11 is 3.23. The first-order chi connectivity index (χ1) is 13.3. The van der Waals surface area contributed by atoms with Crippen molar-refractivity contribution >= 4 is 23.1 Å². The van der Waals surface area contributed by atoms with Crippen LogP contribution in [0.3, 0.4) is 0 Å². The minimum atomic E-state index is 0.439. The van der Waals surface area contributed by atoms with Crippen LogP contribution in [-0.2, 0) is 5.75 Å². The van der Waals surface area contributed by atoms with Gasteiger partial charge in [-0.05, 0) is 35.4 Å². The van der Waals surface area contributed by atoms with Gasteiger partial charge in [0.25, 0.3) is 0 Å². The largest absolute Gasteiger partial charge is 0.493 e. The second-order valence-corrected chi connectivity index (χ2v) is 8.12. The fraction of sp³-hybridized carbons (Fsp3) is 0.444. The molecule has 7 nitrogen and oxygen atoms in total. The topological polar surface area (TPSA) is 75.0 Å². The third-order valence-electron chi connectivity index (χ3n) is 4.67. The summed E-state index contributed by atoms with van der Waals surface area (Å²) in [7, 11) is 3.29. The first kappa shape index (κ1) is 18.2. The average molecular weight is 404 g/mol. The molecule has 0 radical (unpaired) electrons. The van der Waals surface area contributed by atoms with Crippen LogP contribution in [0.4, 0.5) is 0 Å². The Morgan fingerprint density at radius 3 is 2.85 bits per heavy atom. The van der Waals surface area contributed by atoms with E-state index in [1.807, 2.05) is 22.9 Å². The number of hydrogen-bond acceptors (Lipinski definition) is 8. The van der Waals surface area contributed by atoms with E-state index in [4.69, 9.17) is 14.5 Å². The first-order valence-electron chi connectivity index (χ1n) is 8.86. The quantitative estimate of drug-likeness (QED) is 0.547. The van der Waals surface area contributed by atoms with E-state index in [9.17, 15) is 0 Å². The number of ether oxygens (including phenoxy) is 2. The van der Waals surface area contributed by atoms with Gasteiger partial charge in [0.15, 0.2) is 11.5 Å². The number of rotatable bonds is 7. The summed E-state index contributed by atoms with van der Waals surface area (Å²) in [4.78, 5) is 4.78. The Morgan fingerprint density at radius 1 is 1.22 bits per heavy atom. The Hall–Kier alpha value is -2.13. The average Bonchev–Trinajstić information content (AvgIpc) is 3.46. The van der Waals surface area contributed by atoms with Crippen LogP contribution in [0.5, 0.6) is 11.5 Å². The molecule has 1 aliphatic rings. The molecule has 1 saturated carbocycles. The number of para-hydroxylation sites is 1. The van der Waals surface area contributed by atoms with Crippen LogP contribution in [-0.4, -0.2) is 39.4 Å². The third kappa shape index (κ3) is 3.79. The maximum Gasteiger partial charge on any atom is 0.209 e. The molecule has 0 spiro atoms. The molecule has 1 aliphatic carbocycles. The van der Waals surface area contributed by atoms with Gasteiger partial charge < -0.3 is 9.47 Å². The van der Waals surface area contributed by atoms with Crippen molar-refractivity contribution in [3.63, 3.8) is 0 Å². The third-order valence-corrected chi connectivity index (χ3v) is 6.56. The molecule has 0 N–H and O–H groups in total. The first-order valence-corrected chi connectivity index (χ1v) is 10.7. The van der Waals surface area contributed by atoms with E-state index in [1.54, 1.807) is 37.3 Å². The summed E-state index contributed by atoms with van der Waals surface area (Å²) in [5, 5.41) is 16.1. The number of benzene rings is 1. The minimum Gasteiger partial charge on any atom is -0.493 e. The van der Waals surface area contributed by atoms with E-state index < -0.39 is 0 Å². The lowest BCUT2D eigenvalue weighted by atomic mass is 10.2. The molecule has 0 saturated heterocycles. The lowest BCUT2D eigenvalue weighted by Gasteiger charge is -2.10. The van der Waals surface area contributed by atoms with Crippen LogP contribution in [0.25, 0.3) is 10.6 Å². The fourth-order valence-corrected chi connectivity index (χ4v) is 5.13. The van der Waals surface area contributed by atoms with Gasteiger partial charge in [-0.15, -0.1) is 16.4 Å². The Labute approximate surface area is 166 Å². The number of thiazole rings is 1. The van der Waals surface area contributed by atoms with E-state index >= 15 is 0 Å². The zero-order valence-corrected chi connectivity index (χ0v) is 16.9. The predicted octanol–water partition coefficient (Wildman–Crippen LogP) is 4.22.